The number of hydrogen-bond donors (Lipinski definition) is 1. The number of carbonyl (C=O) groups is 1. The van der Waals surface area contributed by atoms with Crippen LogP contribution in [0.1, 0.15) is 109 Å². The van der Waals surface area contributed by atoms with Gasteiger partial charge in [-0.3, -0.25) is 4.79 Å². The van der Waals surface area contributed by atoms with E-state index in [0.29, 0.717) is 17.9 Å². The monoisotopic (exact) mass is 475 g/mol. The van der Waals surface area contributed by atoms with Crippen molar-refractivity contribution < 1.29 is 9.21 Å². The minimum atomic E-state index is -0.0492. The zero-order chi connectivity index (χ0) is 25.4. The molecule has 0 spiro atoms. The maximum absolute atomic E-state index is 13.2. The Hall–Kier alpha value is -2.55. The van der Waals surface area contributed by atoms with E-state index in [2.05, 4.69) is 59.0 Å². The minimum absolute atomic E-state index is 0.0492. The Morgan fingerprint density at radius 1 is 1.20 bits per heavy atom. The van der Waals surface area contributed by atoms with Gasteiger partial charge in [0.1, 0.15) is 11.3 Å². The first-order valence-corrected chi connectivity index (χ1v) is 13.6. The Morgan fingerprint density at radius 3 is 2.71 bits per heavy atom. The number of hydrogen-bond acceptors (Lipinski definition) is 2. The number of fused-ring (bicyclic) bond motifs is 1. The van der Waals surface area contributed by atoms with Gasteiger partial charge in [0.2, 0.25) is 0 Å². The Balaban J connectivity index is 1.74. The molecule has 0 aliphatic heterocycles. The molecule has 1 N–H and O–H groups in total. The largest absolute Gasteiger partial charge is 0.456 e. The van der Waals surface area contributed by atoms with Gasteiger partial charge in [-0.05, 0) is 74.2 Å². The molecule has 2 aromatic rings. The van der Waals surface area contributed by atoms with Crippen LogP contribution in [0.2, 0.25) is 0 Å². The Bertz CT molecular complexity index is 1100. The lowest BCUT2D eigenvalue weighted by atomic mass is 9.72. The van der Waals surface area contributed by atoms with Crippen molar-refractivity contribution in [3.05, 3.63) is 64.5 Å². The first kappa shape index (κ1) is 27.0. The molecule has 1 unspecified atom stereocenters. The van der Waals surface area contributed by atoms with Crippen LogP contribution in [0, 0.1) is 11.3 Å². The molecule has 0 fully saturated rings. The van der Waals surface area contributed by atoms with Gasteiger partial charge in [-0.15, -0.1) is 0 Å². The van der Waals surface area contributed by atoms with Crippen molar-refractivity contribution in [1.82, 2.24) is 5.32 Å². The molecule has 0 saturated heterocycles. The Morgan fingerprint density at radius 2 is 1.97 bits per heavy atom. The summed E-state index contributed by atoms with van der Waals surface area (Å²) >= 11 is 0. The van der Waals surface area contributed by atoms with Gasteiger partial charge < -0.3 is 9.73 Å². The van der Waals surface area contributed by atoms with E-state index in [-0.39, 0.29) is 11.3 Å². The lowest BCUT2D eigenvalue weighted by molar-refractivity contribution is 0.0953. The third-order valence-corrected chi connectivity index (χ3v) is 7.62. The summed E-state index contributed by atoms with van der Waals surface area (Å²) in [7, 11) is 0. The lowest BCUT2D eigenvalue weighted by Crippen LogP contribution is -2.24. The maximum atomic E-state index is 13.2. The van der Waals surface area contributed by atoms with E-state index in [9.17, 15) is 4.79 Å². The van der Waals surface area contributed by atoms with E-state index < -0.39 is 0 Å². The molecule has 0 bridgehead atoms. The molecule has 35 heavy (non-hydrogen) atoms. The van der Waals surface area contributed by atoms with Gasteiger partial charge in [0, 0.05) is 11.9 Å². The molecule has 0 saturated carbocycles. The lowest BCUT2D eigenvalue weighted by Gasteiger charge is -2.32. The highest BCUT2D eigenvalue weighted by Gasteiger charge is 2.26. The van der Waals surface area contributed by atoms with Crippen molar-refractivity contribution in [3.63, 3.8) is 0 Å². The normalized spacial score (nSPS) is 17.4. The molecule has 3 heteroatoms. The summed E-state index contributed by atoms with van der Waals surface area (Å²) in [6, 6.07) is 7.82. The first-order valence-electron chi connectivity index (χ1n) is 13.6. The summed E-state index contributed by atoms with van der Waals surface area (Å²) in [5.41, 5.74) is 5.59. The van der Waals surface area contributed by atoms with E-state index in [1.807, 2.05) is 30.3 Å². The van der Waals surface area contributed by atoms with E-state index >= 15 is 0 Å². The molecule has 1 aromatic heterocycles. The predicted octanol–water partition coefficient (Wildman–Crippen LogP) is 9.26. The molecule has 1 aliphatic rings. The van der Waals surface area contributed by atoms with Gasteiger partial charge in [-0.1, -0.05) is 89.3 Å². The van der Waals surface area contributed by atoms with Gasteiger partial charge in [-0.2, -0.15) is 0 Å². The summed E-state index contributed by atoms with van der Waals surface area (Å²) in [6.45, 7) is 14.3. The minimum Gasteiger partial charge on any atom is -0.456 e. The highest BCUT2D eigenvalue weighted by Crippen LogP contribution is 2.41. The van der Waals surface area contributed by atoms with Crippen molar-refractivity contribution in [2.75, 3.05) is 6.54 Å². The zero-order valence-electron chi connectivity index (χ0n) is 22.8. The van der Waals surface area contributed by atoms with Crippen LogP contribution < -0.4 is 5.32 Å². The third-order valence-electron chi connectivity index (χ3n) is 7.62. The van der Waals surface area contributed by atoms with Crippen molar-refractivity contribution in [2.24, 2.45) is 11.3 Å². The number of unbranched alkanes of at least 4 members (excludes halogenated alkanes) is 2. The molecule has 1 heterocycles. The number of rotatable bonds is 11. The van der Waals surface area contributed by atoms with E-state index in [0.717, 1.165) is 35.3 Å². The molecule has 1 atom stereocenters. The van der Waals surface area contributed by atoms with Gasteiger partial charge in [0.05, 0.1) is 5.56 Å². The van der Waals surface area contributed by atoms with Crippen molar-refractivity contribution in [3.8, 4) is 0 Å². The summed E-state index contributed by atoms with van der Waals surface area (Å²) in [5.74, 6) is 1.38. The average Bonchev–Trinajstić information content (AvgIpc) is 3.17. The van der Waals surface area contributed by atoms with Crippen molar-refractivity contribution in [1.29, 1.82) is 0 Å². The molecular weight excluding hydrogens is 430 g/mol. The summed E-state index contributed by atoms with van der Waals surface area (Å²) < 4.78 is 6.15. The highest BCUT2D eigenvalue weighted by molar-refractivity contribution is 6.08. The van der Waals surface area contributed by atoms with Crippen LogP contribution in [0.3, 0.4) is 0 Å². The number of nitrogens with one attached hydrogen (secondary N) is 1. The summed E-state index contributed by atoms with van der Waals surface area (Å²) in [4.78, 5) is 13.2. The van der Waals surface area contributed by atoms with Crippen molar-refractivity contribution >= 4 is 23.0 Å². The summed E-state index contributed by atoms with van der Waals surface area (Å²) in [6.07, 6.45) is 16.0. The van der Waals surface area contributed by atoms with Crippen LogP contribution in [0.5, 0.6) is 0 Å². The fourth-order valence-electron chi connectivity index (χ4n) is 5.17. The Kier molecular flexibility index (Phi) is 9.60. The number of carbonyl (C=O) groups excluding carboxylic acids is 1. The third kappa shape index (κ3) is 7.22. The van der Waals surface area contributed by atoms with E-state index in [1.165, 1.54) is 49.7 Å². The molecule has 3 nitrogen and oxygen atoms in total. The maximum Gasteiger partial charge on any atom is 0.255 e. The van der Waals surface area contributed by atoms with Gasteiger partial charge in [0.25, 0.3) is 5.91 Å². The second-order valence-electron chi connectivity index (χ2n) is 11.1. The smallest absolute Gasteiger partial charge is 0.255 e. The van der Waals surface area contributed by atoms with Gasteiger partial charge in [-0.25, -0.2) is 0 Å². The molecule has 3 rings (SSSR count). The fourth-order valence-corrected chi connectivity index (χ4v) is 5.17. The van der Waals surface area contributed by atoms with Gasteiger partial charge in [0.15, 0.2) is 0 Å². The van der Waals surface area contributed by atoms with Crippen LogP contribution in [-0.4, -0.2) is 12.5 Å². The van der Waals surface area contributed by atoms with Crippen LogP contribution in [0.25, 0.3) is 17.0 Å². The molecule has 1 amide bonds. The molecule has 1 aliphatic carbocycles. The molecule has 190 valence electrons. The summed E-state index contributed by atoms with van der Waals surface area (Å²) in [5, 5.41) is 4.01. The van der Waals surface area contributed by atoms with Crippen LogP contribution in [0.4, 0.5) is 0 Å². The second kappa shape index (κ2) is 12.4. The standard InChI is InChI=1S/C32H45NO2/c1-7-23(2)14-9-8-12-21-33-31(34)30-26-16-10-11-17-28(26)35-29(30)22-24(3)18-19-27-25(4)15-13-20-32(27,5)6/h10-11,16-19,22-23H,7-9,12-15,20-21H2,1-6H3,(H,33,34)/b19-18+,24-22+. The molecule has 1 aromatic carbocycles. The second-order valence-corrected chi connectivity index (χ2v) is 11.1. The first-order chi connectivity index (χ1) is 16.7. The quantitative estimate of drug-likeness (QED) is 0.260. The predicted molar refractivity (Wildman–Crippen MR) is 150 cm³/mol. The van der Waals surface area contributed by atoms with E-state index in [1.54, 1.807) is 0 Å². The molecular formula is C32H45NO2. The van der Waals surface area contributed by atoms with Gasteiger partial charge >= 0.3 is 0 Å². The van der Waals surface area contributed by atoms with Crippen molar-refractivity contribution in [2.45, 2.75) is 92.9 Å². The fraction of sp³-hybridized carbons (Fsp3) is 0.531. The van der Waals surface area contributed by atoms with Crippen LogP contribution in [0.15, 0.2) is 57.6 Å². The SMILES string of the molecule is CCC(C)CCCCCNC(=O)c1c(/C=C(C)/C=C/C2=C(C)CCCC2(C)C)oc2ccccc12. The number of furan rings is 1. The van der Waals surface area contributed by atoms with Crippen LogP contribution >= 0.6 is 0 Å². The number of amides is 1. The average molecular weight is 476 g/mol. The zero-order valence-corrected chi connectivity index (χ0v) is 22.8. The van der Waals surface area contributed by atoms with Crippen LogP contribution in [-0.2, 0) is 0 Å². The van der Waals surface area contributed by atoms with E-state index in [4.69, 9.17) is 4.42 Å². The number of para-hydroxylation sites is 1. The topological polar surface area (TPSA) is 42.2 Å². The number of allylic oxidation sites excluding steroid dienone is 5. The highest BCUT2D eigenvalue weighted by atomic mass is 16.3. The Labute approximate surface area is 212 Å². The number of benzene rings is 1. The molecule has 0 radical (unpaired) electrons.